The minimum Gasteiger partial charge on any atom is -0.397 e. The van der Waals surface area contributed by atoms with Crippen molar-refractivity contribution in [1.82, 2.24) is 10.2 Å². The van der Waals surface area contributed by atoms with Crippen LogP contribution in [0.4, 0.5) is 11.4 Å². The normalized spacial score (nSPS) is 10.4. The lowest BCUT2D eigenvalue weighted by Crippen LogP contribution is -2.14. The summed E-state index contributed by atoms with van der Waals surface area (Å²) in [5, 5.41) is 9.35. The molecule has 0 unspecified atom stereocenters. The molecule has 5 nitrogen and oxygen atoms in total. The molecule has 1 aromatic carbocycles. The third-order valence-corrected chi connectivity index (χ3v) is 3.10. The highest BCUT2D eigenvalue weighted by molar-refractivity contribution is 9.10. The molecule has 0 radical (unpaired) electrons. The van der Waals surface area contributed by atoms with Crippen LogP contribution < -0.4 is 11.1 Å². The second kappa shape index (κ2) is 4.81. The van der Waals surface area contributed by atoms with Gasteiger partial charge in [0.1, 0.15) is 0 Å². The van der Waals surface area contributed by atoms with E-state index >= 15 is 0 Å². The van der Waals surface area contributed by atoms with Crippen molar-refractivity contribution in [3.63, 3.8) is 0 Å². The van der Waals surface area contributed by atoms with Crippen molar-refractivity contribution in [2.75, 3.05) is 11.1 Å². The highest BCUT2D eigenvalue weighted by atomic mass is 79.9. The first-order chi connectivity index (χ1) is 8.49. The molecule has 2 rings (SSSR count). The molecule has 1 heterocycles. The number of nitrogens with two attached hydrogens (primary N) is 1. The fraction of sp³-hybridized carbons (Fsp3) is 0.167. The van der Waals surface area contributed by atoms with Gasteiger partial charge in [-0.05, 0) is 31.5 Å². The summed E-state index contributed by atoms with van der Waals surface area (Å²) in [6.45, 7) is 3.68. The molecule has 0 bridgehead atoms. The number of hydrogen-bond acceptors (Lipinski definition) is 3. The Morgan fingerprint density at radius 2 is 2.17 bits per heavy atom. The van der Waals surface area contributed by atoms with Gasteiger partial charge in [-0.1, -0.05) is 15.9 Å². The summed E-state index contributed by atoms with van der Waals surface area (Å²) in [6, 6.07) is 3.65. The summed E-state index contributed by atoms with van der Waals surface area (Å²) in [6.07, 6.45) is 1.50. The number of aromatic amines is 1. The summed E-state index contributed by atoms with van der Waals surface area (Å²) in [5.74, 6) is -0.224. The Bertz CT molecular complexity index is 583. The Balaban J connectivity index is 2.31. The van der Waals surface area contributed by atoms with Crippen LogP contribution in [-0.2, 0) is 0 Å². The van der Waals surface area contributed by atoms with Gasteiger partial charge in [0.25, 0.3) is 5.91 Å². The summed E-state index contributed by atoms with van der Waals surface area (Å²) < 4.78 is 0.884. The van der Waals surface area contributed by atoms with Gasteiger partial charge in [0, 0.05) is 10.2 Å². The number of nitrogens with zero attached hydrogens (tertiary/aromatic N) is 1. The van der Waals surface area contributed by atoms with E-state index in [1.807, 2.05) is 13.0 Å². The van der Waals surface area contributed by atoms with Gasteiger partial charge in [-0.15, -0.1) is 0 Å². The maximum Gasteiger partial charge on any atom is 0.259 e. The van der Waals surface area contributed by atoms with E-state index < -0.39 is 0 Å². The van der Waals surface area contributed by atoms with Crippen molar-refractivity contribution in [1.29, 1.82) is 0 Å². The fourth-order valence-electron chi connectivity index (χ4n) is 1.70. The smallest absolute Gasteiger partial charge is 0.259 e. The first-order valence-corrected chi connectivity index (χ1v) is 6.15. The third-order valence-electron chi connectivity index (χ3n) is 2.64. The SMILES string of the molecule is Cc1cc(Br)cc(N)c1NC(=O)c1cn[nH]c1C. The van der Waals surface area contributed by atoms with Crippen molar-refractivity contribution < 1.29 is 4.79 Å². The van der Waals surface area contributed by atoms with E-state index in [0.29, 0.717) is 16.9 Å². The summed E-state index contributed by atoms with van der Waals surface area (Å²) in [4.78, 5) is 12.0. The molecule has 0 saturated heterocycles. The van der Waals surface area contributed by atoms with Crippen molar-refractivity contribution in [2.24, 2.45) is 0 Å². The van der Waals surface area contributed by atoms with Crippen LogP contribution >= 0.6 is 15.9 Å². The first-order valence-electron chi connectivity index (χ1n) is 5.36. The lowest BCUT2D eigenvalue weighted by Gasteiger charge is -2.11. The van der Waals surface area contributed by atoms with Crippen molar-refractivity contribution in [3.8, 4) is 0 Å². The number of anilines is 2. The number of hydrogen-bond donors (Lipinski definition) is 3. The molecule has 18 heavy (non-hydrogen) atoms. The molecule has 0 aliphatic heterocycles. The molecule has 0 spiro atoms. The number of carbonyl (C=O) groups is 1. The average Bonchev–Trinajstić information content (AvgIpc) is 2.69. The average molecular weight is 309 g/mol. The molecule has 6 heteroatoms. The molecule has 0 fully saturated rings. The monoisotopic (exact) mass is 308 g/mol. The van der Waals surface area contributed by atoms with Crippen molar-refractivity contribution >= 4 is 33.2 Å². The highest BCUT2D eigenvalue weighted by Gasteiger charge is 2.14. The minimum absolute atomic E-state index is 0.224. The third kappa shape index (κ3) is 2.38. The summed E-state index contributed by atoms with van der Waals surface area (Å²) in [7, 11) is 0. The van der Waals surface area contributed by atoms with Crippen LogP contribution in [0.25, 0.3) is 0 Å². The van der Waals surface area contributed by atoms with E-state index in [-0.39, 0.29) is 5.91 Å². The Morgan fingerprint density at radius 3 is 2.72 bits per heavy atom. The van der Waals surface area contributed by atoms with Crippen LogP contribution in [0.1, 0.15) is 21.6 Å². The van der Waals surface area contributed by atoms with Gasteiger partial charge in [0.05, 0.1) is 23.1 Å². The Kier molecular flexibility index (Phi) is 3.38. The zero-order valence-corrected chi connectivity index (χ0v) is 11.6. The van der Waals surface area contributed by atoms with E-state index in [4.69, 9.17) is 5.73 Å². The number of rotatable bonds is 2. The van der Waals surface area contributed by atoms with Gasteiger partial charge in [0.15, 0.2) is 0 Å². The number of halogens is 1. The van der Waals surface area contributed by atoms with E-state index in [1.54, 1.807) is 13.0 Å². The van der Waals surface area contributed by atoms with Crippen LogP contribution in [0.15, 0.2) is 22.8 Å². The van der Waals surface area contributed by atoms with Gasteiger partial charge in [0.2, 0.25) is 0 Å². The fourth-order valence-corrected chi connectivity index (χ4v) is 2.29. The number of aromatic nitrogens is 2. The number of amides is 1. The standard InChI is InChI=1S/C12H13BrN4O/c1-6-3-8(13)4-10(14)11(6)16-12(18)9-5-15-17-7(9)2/h3-5H,14H2,1-2H3,(H,15,17)(H,16,18). The zero-order valence-electron chi connectivity index (χ0n) is 10.0. The van der Waals surface area contributed by atoms with E-state index in [2.05, 4.69) is 31.4 Å². The number of H-pyrrole nitrogens is 1. The maximum atomic E-state index is 12.0. The van der Waals surface area contributed by atoms with Gasteiger partial charge in [-0.25, -0.2) is 0 Å². The van der Waals surface area contributed by atoms with Crippen molar-refractivity contribution in [2.45, 2.75) is 13.8 Å². The molecule has 2 aromatic rings. The van der Waals surface area contributed by atoms with E-state index in [1.165, 1.54) is 6.20 Å². The topological polar surface area (TPSA) is 83.8 Å². The second-order valence-electron chi connectivity index (χ2n) is 4.05. The Hall–Kier alpha value is -1.82. The Morgan fingerprint density at radius 1 is 1.44 bits per heavy atom. The summed E-state index contributed by atoms with van der Waals surface area (Å²) >= 11 is 3.36. The number of benzene rings is 1. The Labute approximate surface area is 113 Å². The summed E-state index contributed by atoms with van der Waals surface area (Å²) in [5.41, 5.74) is 9.18. The number of nitrogens with one attached hydrogen (secondary N) is 2. The molecule has 0 atom stereocenters. The van der Waals surface area contributed by atoms with Crippen molar-refractivity contribution in [3.05, 3.63) is 39.6 Å². The molecule has 0 aliphatic carbocycles. The number of nitrogen functional groups attached to an aromatic ring is 1. The first kappa shape index (κ1) is 12.6. The molecule has 4 N–H and O–H groups in total. The number of aryl methyl sites for hydroxylation is 2. The lowest BCUT2D eigenvalue weighted by atomic mass is 10.1. The molecule has 0 aliphatic rings. The van der Waals surface area contributed by atoms with E-state index in [0.717, 1.165) is 15.7 Å². The zero-order chi connectivity index (χ0) is 13.3. The van der Waals surface area contributed by atoms with Gasteiger partial charge in [-0.2, -0.15) is 5.10 Å². The van der Waals surface area contributed by atoms with Crippen LogP contribution in [0, 0.1) is 13.8 Å². The molecule has 0 saturated carbocycles. The predicted octanol–water partition coefficient (Wildman–Crippen LogP) is 2.62. The highest BCUT2D eigenvalue weighted by Crippen LogP contribution is 2.28. The molecule has 94 valence electrons. The van der Waals surface area contributed by atoms with Crippen LogP contribution in [0.5, 0.6) is 0 Å². The van der Waals surface area contributed by atoms with Gasteiger partial charge in [-0.3, -0.25) is 9.89 Å². The largest absolute Gasteiger partial charge is 0.397 e. The van der Waals surface area contributed by atoms with E-state index in [9.17, 15) is 4.79 Å². The maximum absolute atomic E-state index is 12.0. The molecular formula is C12H13BrN4O. The van der Waals surface area contributed by atoms with Crippen LogP contribution in [0.2, 0.25) is 0 Å². The van der Waals surface area contributed by atoms with Crippen LogP contribution in [0.3, 0.4) is 0 Å². The quantitative estimate of drug-likeness (QED) is 0.746. The van der Waals surface area contributed by atoms with Crippen LogP contribution in [-0.4, -0.2) is 16.1 Å². The van der Waals surface area contributed by atoms with Gasteiger partial charge < -0.3 is 11.1 Å². The minimum atomic E-state index is -0.224. The molecular weight excluding hydrogens is 296 g/mol. The number of carbonyl (C=O) groups excluding carboxylic acids is 1. The second-order valence-corrected chi connectivity index (χ2v) is 4.97. The van der Waals surface area contributed by atoms with Gasteiger partial charge >= 0.3 is 0 Å². The lowest BCUT2D eigenvalue weighted by molar-refractivity contribution is 0.102. The molecule has 1 aromatic heterocycles. The molecule has 1 amide bonds. The predicted molar refractivity (Wildman–Crippen MR) is 74.6 cm³/mol.